The minimum atomic E-state index is -3.09. The van der Waals surface area contributed by atoms with Crippen LogP contribution in [0, 0.1) is 11.8 Å². The van der Waals surface area contributed by atoms with Crippen molar-refractivity contribution in [1.29, 1.82) is 0 Å². The molecule has 37 heavy (non-hydrogen) atoms. The lowest BCUT2D eigenvalue weighted by molar-refractivity contribution is 0.0957. The van der Waals surface area contributed by atoms with Crippen LogP contribution in [0.25, 0.3) is 16.6 Å². The number of halogens is 4. The molecule has 2 aromatic heterocycles. The molecule has 8 nitrogen and oxygen atoms in total. The molecule has 0 aliphatic carbocycles. The number of hydrogen-bond acceptors (Lipinski definition) is 6. The number of hydrogen-bond donors (Lipinski definition) is 2. The van der Waals surface area contributed by atoms with Crippen LogP contribution < -0.4 is 15.6 Å². The van der Waals surface area contributed by atoms with Crippen molar-refractivity contribution in [2.45, 2.75) is 32.2 Å². The second kappa shape index (κ2) is 9.92. The van der Waals surface area contributed by atoms with Crippen LogP contribution in [0.15, 0.2) is 23.0 Å². The highest BCUT2D eigenvalue weighted by Crippen LogP contribution is 2.38. The zero-order valence-electron chi connectivity index (χ0n) is 19.8. The Bertz CT molecular complexity index is 1490. The zero-order valence-corrected chi connectivity index (χ0v) is 19.8. The molecule has 1 amide bonds. The van der Waals surface area contributed by atoms with E-state index in [0.717, 1.165) is 5.57 Å². The van der Waals surface area contributed by atoms with Crippen molar-refractivity contribution < 1.29 is 27.1 Å². The SMILES string of the molecule is CNC(=O)c1ccc(C2=CCN(Cc3c4c(c5nc(C(F)F)c(=O)[nH]c5c3F)CCCO4)CC2)c(F)n1. The standard InChI is InChI=1S/C25H23F4N5O3/c1-30-24(35)16-5-4-13(23(29)31-16)12-6-8-34(9-7-12)11-15-17(26)19-18(14-3-2-10-37-21(14)15)32-20(22(27)28)25(36)33-19/h4-6,22H,2-3,7-11H2,1H3,(H,30,35)(H,33,36). The Kier molecular flexibility index (Phi) is 6.67. The van der Waals surface area contributed by atoms with Gasteiger partial charge in [-0.1, -0.05) is 6.08 Å². The first-order chi connectivity index (χ1) is 17.8. The van der Waals surface area contributed by atoms with Gasteiger partial charge in [-0.25, -0.2) is 23.1 Å². The minimum Gasteiger partial charge on any atom is -0.493 e. The molecule has 2 aliphatic heterocycles. The first-order valence-electron chi connectivity index (χ1n) is 11.8. The molecule has 2 aliphatic rings. The molecular formula is C25H23F4N5O3. The maximum absolute atomic E-state index is 15.6. The summed E-state index contributed by atoms with van der Waals surface area (Å²) in [6.45, 7) is 1.31. The van der Waals surface area contributed by atoms with Crippen molar-refractivity contribution in [3.05, 3.63) is 68.4 Å². The second-order valence-electron chi connectivity index (χ2n) is 8.86. The molecule has 0 unspecified atom stereocenters. The summed E-state index contributed by atoms with van der Waals surface area (Å²) in [4.78, 5) is 35.5. The van der Waals surface area contributed by atoms with E-state index >= 15 is 4.39 Å². The lowest BCUT2D eigenvalue weighted by Crippen LogP contribution is -2.30. The number of aryl methyl sites for hydroxylation is 1. The van der Waals surface area contributed by atoms with Crippen LogP contribution in [0.4, 0.5) is 17.6 Å². The first kappa shape index (κ1) is 24.9. The number of aromatic nitrogens is 3. The number of pyridine rings is 1. The third-order valence-electron chi connectivity index (χ3n) is 6.61. The summed E-state index contributed by atoms with van der Waals surface area (Å²) in [5.74, 6) is -1.73. The van der Waals surface area contributed by atoms with Crippen molar-refractivity contribution in [3.8, 4) is 5.75 Å². The van der Waals surface area contributed by atoms with E-state index in [4.69, 9.17) is 4.74 Å². The Morgan fingerprint density at radius 2 is 2.05 bits per heavy atom. The van der Waals surface area contributed by atoms with Gasteiger partial charge in [0.2, 0.25) is 5.95 Å². The van der Waals surface area contributed by atoms with Gasteiger partial charge in [0.25, 0.3) is 17.9 Å². The number of carbonyl (C=O) groups excluding carboxylic acids is 1. The van der Waals surface area contributed by atoms with Crippen LogP contribution in [0.1, 0.15) is 52.1 Å². The van der Waals surface area contributed by atoms with E-state index in [1.807, 2.05) is 11.0 Å². The van der Waals surface area contributed by atoms with Crippen molar-refractivity contribution in [3.63, 3.8) is 0 Å². The number of benzene rings is 1. The van der Waals surface area contributed by atoms with Gasteiger partial charge in [-0.3, -0.25) is 14.5 Å². The predicted molar refractivity (Wildman–Crippen MR) is 127 cm³/mol. The van der Waals surface area contributed by atoms with Gasteiger partial charge in [-0.15, -0.1) is 0 Å². The van der Waals surface area contributed by atoms with E-state index in [0.29, 0.717) is 50.1 Å². The molecule has 5 rings (SSSR count). The van der Waals surface area contributed by atoms with Crippen LogP contribution in [-0.4, -0.2) is 52.5 Å². The molecule has 12 heteroatoms. The molecule has 0 saturated carbocycles. The molecular weight excluding hydrogens is 494 g/mol. The van der Waals surface area contributed by atoms with Crippen LogP contribution >= 0.6 is 0 Å². The van der Waals surface area contributed by atoms with Crippen molar-refractivity contribution in [1.82, 2.24) is 25.2 Å². The average molecular weight is 517 g/mol. The molecule has 0 fully saturated rings. The lowest BCUT2D eigenvalue weighted by Gasteiger charge is -2.29. The van der Waals surface area contributed by atoms with Gasteiger partial charge >= 0.3 is 0 Å². The number of aromatic amines is 1. The van der Waals surface area contributed by atoms with Crippen molar-refractivity contribution in [2.75, 3.05) is 26.7 Å². The molecule has 2 N–H and O–H groups in total. The minimum absolute atomic E-state index is 0.0187. The fourth-order valence-electron chi connectivity index (χ4n) is 4.75. The number of H-pyrrole nitrogens is 1. The number of amides is 1. The summed E-state index contributed by atoms with van der Waals surface area (Å²) < 4.78 is 62.5. The second-order valence-corrected chi connectivity index (χ2v) is 8.86. The number of rotatable bonds is 5. The topological polar surface area (TPSA) is 100 Å². The molecule has 0 atom stereocenters. The highest BCUT2D eigenvalue weighted by atomic mass is 19.3. The molecule has 0 radical (unpaired) electrons. The number of nitrogens with one attached hydrogen (secondary N) is 2. The highest BCUT2D eigenvalue weighted by molar-refractivity contribution is 5.92. The summed E-state index contributed by atoms with van der Waals surface area (Å²) in [7, 11) is 1.43. The normalized spacial score (nSPS) is 15.9. The van der Waals surface area contributed by atoms with Crippen molar-refractivity contribution in [2.24, 2.45) is 0 Å². The summed E-state index contributed by atoms with van der Waals surface area (Å²) in [6.07, 6.45) is 0.223. The number of alkyl halides is 2. The van der Waals surface area contributed by atoms with Gasteiger partial charge in [0.05, 0.1) is 12.1 Å². The molecule has 194 valence electrons. The summed E-state index contributed by atoms with van der Waals surface area (Å²) in [5, 5.41) is 2.40. The van der Waals surface area contributed by atoms with Crippen LogP contribution in [0.5, 0.6) is 5.75 Å². The largest absolute Gasteiger partial charge is 0.493 e. The lowest BCUT2D eigenvalue weighted by atomic mass is 9.97. The van der Waals surface area contributed by atoms with Gasteiger partial charge in [-0.2, -0.15) is 4.39 Å². The Balaban J connectivity index is 1.45. The molecule has 3 aromatic rings. The third kappa shape index (κ3) is 4.57. The number of nitrogens with zero attached hydrogens (tertiary/aromatic N) is 3. The molecule has 1 aromatic carbocycles. The quantitative estimate of drug-likeness (QED) is 0.397. The monoisotopic (exact) mass is 517 g/mol. The fourth-order valence-corrected chi connectivity index (χ4v) is 4.75. The Labute approximate surface area is 208 Å². The maximum atomic E-state index is 15.6. The van der Waals surface area contributed by atoms with Gasteiger partial charge < -0.3 is 15.0 Å². The van der Waals surface area contributed by atoms with E-state index < -0.39 is 35.4 Å². The molecule has 0 spiro atoms. The van der Waals surface area contributed by atoms with Gasteiger partial charge in [-0.05, 0) is 37.0 Å². The number of ether oxygens (including phenoxy) is 1. The maximum Gasteiger partial charge on any atom is 0.285 e. The van der Waals surface area contributed by atoms with Gasteiger partial charge in [0.15, 0.2) is 11.5 Å². The third-order valence-corrected chi connectivity index (χ3v) is 6.61. The van der Waals surface area contributed by atoms with Crippen LogP contribution in [-0.2, 0) is 13.0 Å². The van der Waals surface area contributed by atoms with Crippen molar-refractivity contribution >= 4 is 22.5 Å². The van der Waals surface area contributed by atoms with E-state index in [2.05, 4.69) is 20.3 Å². The van der Waals surface area contributed by atoms with Gasteiger partial charge in [0.1, 0.15) is 17.0 Å². The molecule has 0 saturated heterocycles. The average Bonchev–Trinajstić information content (AvgIpc) is 2.90. The Morgan fingerprint density at radius 3 is 2.73 bits per heavy atom. The summed E-state index contributed by atoms with van der Waals surface area (Å²) in [6, 6.07) is 2.96. The fraction of sp³-hybridized carbons (Fsp3) is 0.360. The Morgan fingerprint density at radius 1 is 1.24 bits per heavy atom. The smallest absolute Gasteiger partial charge is 0.285 e. The zero-order chi connectivity index (χ0) is 26.3. The molecule has 4 heterocycles. The summed E-state index contributed by atoms with van der Waals surface area (Å²) in [5.41, 5.74) is -0.623. The number of carbonyl (C=O) groups is 1. The van der Waals surface area contributed by atoms with E-state index in [-0.39, 0.29) is 34.6 Å². The Hall–Kier alpha value is -3.80. The van der Waals surface area contributed by atoms with E-state index in [1.165, 1.54) is 19.2 Å². The molecule has 0 bridgehead atoms. The summed E-state index contributed by atoms with van der Waals surface area (Å²) >= 11 is 0. The van der Waals surface area contributed by atoms with E-state index in [9.17, 15) is 22.8 Å². The first-order valence-corrected chi connectivity index (χ1v) is 11.8. The van der Waals surface area contributed by atoms with E-state index in [1.54, 1.807) is 0 Å². The van der Waals surface area contributed by atoms with Gasteiger partial charge in [0, 0.05) is 43.4 Å². The van der Waals surface area contributed by atoms with Crippen LogP contribution in [0.3, 0.4) is 0 Å². The van der Waals surface area contributed by atoms with Crippen LogP contribution in [0.2, 0.25) is 0 Å². The number of fused-ring (bicyclic) bond motifs is 3. The predicted octanol–water partition coefficient (Wildman–Crippen LogP) is 3.51. The highest BCUT2D eigenvalue weighted by Gasteiger charge is 2.28.